The number of hydrogen-bond acceptors (Lipinski definition) is 2. The predicted molar refractivity (Wildman–Crippen MR) is 70.7 cm³/mol. The summed E-state index contributed by atoms with van der Waals surface area (Å²) in [6.07, 6.45) is 0. The smallest absolute Gasteiger partial charge is 0.198 e. The summed E-state index contributed by atoms with van der Waals surface area (Å²) in [4.78, 5) is 12.7. The first-order valence-electron chi connectivity index (χ1n) is 4.89. The number of halogens is 1. The van der Waals surface area contributed by atoms with Crippen LogP contribution in [0.2, 0.25) is 5.02 Å². The fraction of sp³-hybridized carbons (Fsp3) is 0.154. The van der Waals surface area contributed by atoms with E-state index in [1.54, 1.807) is 6.92 Å². The standard InChI is InChI=1S/C13H11ClOS/c1-7(2)12(15)13-8(3)10-6-9(14)4-5-11(10)16-13/h4-6H,1H2,2-3H3. The van der Waals surface area contributed by atoms with E-state index in [0.717, 1.165) is 20.5 Å². The van der Waals surface area contributed by atoms with E-state index in [9.17, 15) is 4.79 Å². The Hall–Kier alpha value is -1.12. The third-order valence-electron chi connectivity index (χ3n) is 2.49. The Morgan fingerprint density at radius 3 is 2.75 bits per heavy atom. The van der Waals surface area contributed by atoms with Gasteiger partial charge < -0.3 is 0 Å². The zero-order valence-corrected chi connectivity index (χ0v) is 10.7. The summed E-state index contributed by atoms with van der Waals surface area (Å²) in [5.74, 6) is 0.0230. The van der Waals surface area contributed by atoms with Crippen LogP contribution < -0.4 is 0 Å². The Kier molecular flexibility index (Phi) is 2.87. The molecule has 82 valence electrons. The quantitative estimate of drug-likeness (QED) is 0.561. The average molecular weight is 251 g/mol. The zero-order valence-electron chi connectivity index (χ0n) is 9.13. The van der Waals surface area contributed by atoms with Crippen LogP contribution in [-0.2, 0) is 0 Å². The first-order chi connectivity index (χ1) is 7.50. The lowest BCUT2D eigenvalue weighted by Crippen LogP contribution is -1.97. The Labute approximate surface area is 103 Å². The first-order valence-corrected chi connectivity index (χ1v) is 6.09. The Morgan fingerprint density at radius 1 is 1.44 bits per heavy atom. The van der Waals surface area contributed by atoms with Crippen LogP contribution in [0.4, 0.5) is 0 Å². The van der Waals surface area contributed by atoms with Crippen molar-refractivity contribution in [3.05, 3.63) is 45.8 Å². The fourth-order valence-corrected chi connectivity index (χ4v) is 2.98. The largest absolute Gasteiger partial charge is 0.288 e. The molecule has 2 aromatic rings. The number of ketones is 1. The Bertz CT molecular complexity index is 595. The summed E-state index contributed by atoms with van der Waals surface area (Å²) in [6, 6.07) is 5.69. The molecule has 1 nitrogen and oxygen atoms in total. The van der Waals surface area contributed by atoms with Gasteiger partial charge in [-0.3, -0.25) is 4.79 Å². The molecule has 0 bridgehead atoms. The van der Waals surface area contributed by atoms with Crippen molar-refractivity contribution in [1.82, 2.24) is 0 Å². The molecule has 0 fully saturated rings. The van der Waals surface area contributed by atoms with Gasteiger partial charge in [-0.2, -0.15) is 0 Å². The number of hydrogen-bond donors (Lipinski definition) is 0. The molecule has 0 amide bonds. The van der Waals surface area contributed by atoms with E-state index in [-0.39, 0.29) is 5.78 Å². The van der Waals surface area contributed by atoms with Crippen LogP contribution in [0.25, 0.3) is 10.1 Å². The van der Waals surface area contributed by atoms with Gasteiger partial charge in [0, 0.05) is 9.72 Å². The van der Waals surface area contributed by atoms with Crippen molar-refractivity contribution in [2.75, 3.05) is 0 Å². The lowest BCUT2D eigenvalue weighted by Gasteiger charge is -1.97. The van der Waals surface area contributed by atoms with Gasteiger partial charge in [-0.25, -0.2) is 0 Å². The van der Waals surface area contributed by atoms with E-state index < -0.39 is 0 Å². The van der Waals surface area contributed by atoms with E-state index in [2.05, 4.69) is 6.58 Å². The van der Waals surface area contributed by atoms with Crippen molar-refractivity contribution in [3.8, 4) is 0 Å². The SMILES string of the molecule is C=C(C)C(=O)c1sc2ccc(Cl)cc2c1C. The molecule has 0 N–H and O–H groups in total. The molecule has 2 rings (SSSR count). The predicted octanol–water partition coefficient (Wildman–Crippen LogP) is 4.62. The zero-order chi connectivity index (χ0) is 11.9. The van der Waals surface area contributed by atoms with Crippen molar-refractivity contribution in [3.63, 3.8) is 0 Å². The molecule has 16 heavy (non-hydrogen) atoms. The molecule has 0 aliphatic carbocycles. The van der Waals surface area contributed by atoms with E-state index in [0.29, 0.717) is 10.6 Å². The fourth-order valence-electron chi connectivity index (χ4n) is 1.60. The van der Waals surface area contributed by atoms with Gasteiger partial charge in [0.2, 0.25) is 0 Å². The summed E-state index contributed by atoms with van der Waals surface area (Å²) in [5, 5.41) is 1.75. The molecule has 3 heteroatoms. The molecule has 0 spiro atoms. The molecule has 1 aromatic carbocycles. The average Bonchev–Trinajstić information content (AvgIpc) is 2.55. The highest BCUT2D eigenvalue weighted by atomic mass is 35.5. The second kappa shape index (κ2) is 4.04. The molecule has 0 aliphatic rings. The molecule has 0 radical (unpaired) electrons. The number of benzene rings is 1. The maximum atomic E-state index is 11.9. The van der Waals surface area contributed by atoms with Gasteiger partial charge in [-0.05, 0) is 48.6 Å². The normalized spacial score (nSPS) is 10.7. The molecular formula is C13H11ClOS. The van der Waals surface area contributed by atoms with Crippen LogP contribution >= 0.6 is 22.9 Å². The molecule has 0 aliphatic heterocycles. The number of carbonyl (C=O) groups excluding carboxylic acids is 1. The third-order valence-corrected chi connectivity index (χ3v) is 4.00. The number of rotatable bonds is 2. The van der Waals surface area contributed by atoms with Gasteiger partial charge in [0.05, 0.1) is 4.88 Å². The Morgan fingerprint density at radius 2 is 2.12 bits per heavy atom. The number of Topliss-reactive ketones (excluding diaryl/α,β-unsaturated/α-hetero) is 1. The summed E-state index contributed by atoms with van der Waals surface area (Å²) < 4.78 is 1.09. The second-order valence-corrected chi connectivity index (χ2v) is 5.29. The molecule has 0 atom stereocenters. The molecule has 0 saturated carbocycles. The maximum absolute atomic E-state index is 11.9. The van der Waals surface area contributed by atoms with Gasteiger partial charge in [0.1, 0.15) is 0 Å². The number of fused-ring (bicyclic) bond motifs is 1. The highest BCUT2D eigenvalue weighted by Gasteiger charge is 2.15. The van der Waals surface area contributed by atoms with Crippen LogP contribution in [0.1, 0.15) is 22.2 Å². The minimum Gasteiger partial charge on any atom is -0.288 e. The van der Waals surface area contributed by atoms with E-state index in [1.807, 2.05) is 25.1 Å². The third kappa shape index (κ3) is 1.79. The van der Waals surface area contributed by atoms with Crippen molar-refractivity contribution in [2.45, 2.75) is 13.8 Å². The number of allylic oxidation sites excluding steroid dienone is 1. The highest BCUT2D eigenvalue weighted by Crippen LogP contribution is 2.33. The van der Waals surface area contributed by atoms with Crippen LogP contribution in [0.5, 0.6) is 0 Å². The van der Waals surface area contributed by atoms with E-state index in [1.165, 1.54) is 11.3 Å². The highest BCUT2D eigenvalue weighted by molar-refractivity contribution is 7.21. The molecule has 1 heterocycles. The van der Waals surface area contributed by atoms with Crippen molar-refractivity contribution in [2.24, 2.45) is 0 Å². The lowest BCUT2D eigenvalue weighted by atomic mass is 10.1. The van der Waals surface area contributed by atoms with Gasteiger partial charge in [0.25, 0.3) is 0 Å². The molecule has 0 saturated heterocycles. The Balaban J connectivity index is 2.69. The number of thiophene rings is 1. The van der Waals surface area contributed by atoms with Gasteiger partial charge in [-0.1, -0.05) is 18.2 Å². The van der Waals surface area contributed by atoms with Crippen molar-refractivity contribution >= 4 is 38.8 Å². The minimum atomic E-state index is 0.0230. The number of carbonyl (C=O) groups is 1. The summed E-state index contributed by atoms with van der Waals surface area (Å²) >= 11 is 7.44. The first kappa shape index (κ1) is 11.4. The molecule has 0 unspecified atom stereocenters. The molecular weight excluding hydrogens is 240 g/mol. The lowest BCUT2D eigenvalue weighted by molar-refractivity contribution is 0.103. The molecule has 1 aromatic heterocycles. The van der Waals surface area contributed by atoms with E-state index >= 15 is 0 Å². The monoisotopic (exact) mass is 250 g/mol. The minimum absolute atomic E-state index is 0.0230. The summed E-state index contributed by atoms with van der Waals surface area (Å²) in [6.45, 7) is 7.38. The second-order valence-electron chi connectivity index (χ2n) is 3.81. The van der Waals surface area contributed by atoms with Crippen LogP contribution in [0.3, 0.4) is 0 Å². The van der Waals surface area contributed by atoms with Gasteiger partial charge >= 0.3 is 0 Å². The summed E-state index contributed by atoms with van der Waals surface area (Å²) in [5.41, 5.74) is 1.57. The maximum Gasteiger partial charge on any atom is 0.198 e. The van der Waals surface area contributed by atoms with Gasteiger partial charge in [-0.15, -0.1) is 11.3 Å². The van der Waals surface area contributed by atoms with Crippen molar-refractivity contribution in [1.29, 1.82) is 0 Å². The summed E-state index contributed by atoms with van der Waals surface area (Å²) in [7, 11) is 0. The van der Waals surface area contributed by atoms with Crippen LogP contribution in [-0.4, -0.2) is 5.78 Å². The van der Waals surface area contributed by atoms with Crippen molar-refractivity contribution < 1.29 is 4.79 Å². The number of aryl methyl sites for hydroxylation is 1. The topological polar surface area (TPSA) is 17.1 Å². The van der Waals surface area contributed by atoms with Crippen LogP contribution in [0.15, 0.2) is 30.4 Å². The van der Waals surface area contributed by atoms with E-state index in [4.69, 9.17) is 11.6 Å². The van der Waals surface area contributed by atoms with Crippen LogP contribution in [0, 0.1) is 6.92 Å². The van der Waals surface area contributed by atoms with Gasteiger partial charge in [0.15, 0.2) is 5.78 Å².